The first-order chi connectivity index (χ1) is 16.3. The van der Waals surface area contributed by atoms with E-state index in [4.69, 9.17) is 0 Å². The highest BCUT2D eigenvalue weighted by Crippen LogP contribution is 2.23. The number of hydrogen-bond donors (Lipinski definition) is 1. The van der Waals surface area contributed by atoms with Gasteiger partial charge in [0.1, 0.15) is 6.54 Å². The topological polar surface area (TPSA) is 82.1 Å². The van der Waals surface area contributed by atoms with Gasteiger partial charge in [-0.05, 0) is 62.7 Å². The fourth-order valence-electron chi connectivity index (χ4n) is 3.45. The Hall–Kier alpha value is -3.65. The molecule has 0 saturated carbocycles. The van der Waals surface area contributed by atoms with Crippen LogP contribution in [0, 0.1) is 6.92 Å². The highest BCUT2D eigenvalue weighted by atomic mass is 32.2. The summed E-state index contributed by atoms with van der Waals surface area (Å²) >= 11 is 0. The molecule has 0 radical (unpaired) electrons. The number of nitrogens with zero attached hydrogens (tertiary/aromatic N) is 3. The summed E-state index contributed by atoms with van der Waals surface area (Å²) in [5, 5.41) is 4.01. The monoisotopic (exact) mass is 478 g/mol. The fraction of sp³-hybridized carbons (Fsp3) is 0.231. The van der Waals surface area contributed by atoms with Gasteiger partial charge in [-0.25, -0.2) is 13.8 Å². The van der Waals surface area contributed by atoms with Crippen LogP contribution in [0.5, 0.6) is 0 Å². The molecule has 0 aliphatic heterocycles. The van der Waals surface area contributed by atoms with E-state index in [1.54, 1.807) is 54.6 Å². The largest absolute Gasteiger partial charge is 0.372 e. The molecule has 0 saturated heterocycles. The number of anilines is 2. The van der Waals surface area contributed by atoms with Crippen LogP contribution in [-0.4, -0.2) is 40.2 Å². The van der Waals surface area contributed by atoms with E-state index in [0.717, 1.165) is 34.2 Å². The molecule has 3 aromatic rings. The fourth-order valence-corrected chi connectivity index (χ4v) is 4.87. The summed E-state index contributed by atoms with van der Waals surface area (Å²) in [7, 11) is -3.95. The van der Waals surface area contributed by atoms with Gasteiger partial charge in [-0.15, -0.1) is 0 Å². The van der Waals surface area contributed by atoms with Crippen LogP contribution in [0.25, 0.3) is 0 Å². The van der Waals surface area contributed by atoms with E-state index < -0.39 is 22.5 Å². The van der Waals surface area contributed by atoms with Gasteiger partial charge in [0.25, 0.3) is 15.9 Å². The maximum Gasteiger partial charge on any atom is 0.264 e. The second-order valence-electron chi connectivity index (χ2n) is 7.72. The quantitative estimate of drug-likeness (QED) is 0.350. The van der Waals surface area contributed by atoms with Crippen molar-refractivity contribution in [2.24, 2.45) is 5.10 Å². The van der Waals surface area contributed by atoms with Gasteiger partial charge in [0.05, 0.1) is 16.8 Å². The molecule has 8 heteroatoms. The second-order valence-corrected chi connectivity index (χ2v) is 9.58. The van der Waals surface area contributed by atoms with Crippen molar-refractivity contribution in [2.75, 3.05) is 28.8 Å². The summed E-state index contributed by atoms with van der Waals surface area (Å²) in [6.45, 7) is 7.53. The number of sulfonamides is 1. The van der Waals surface area contributed by atoms with E-state index in [1.165, 1.54) is 6.21 Å². The van der Waals surface area contributed by atoms with Crippen molar-refractivity contribution in [1.82, 2.24) is 5.43 Å². The molecule has 3 rings (SSSR count). The number of benzene rings is 3. The van der Waals surface area contributed by atoms with Gasteiger partial charge < -0.3 is 4.90 Å². The van der Waals surface area contributed by atoms with Gasteiger partial charge in [0.2, 0.25) is 0 Å². The summed E-state index contributed by atoms with van der Waals surface area (Å²) < 4.78 is 27.7. The van der Waals surface area contributed by atoms with Gasteiger partial charge in [0.15, 0.2) is 0 Å². The van der Waals surface area contributed by atoms with Gasteiger partial charge in [-0.1, -0.05) is 48.0 Å². The van der Waals surface area contributed by atoms with Crippen LogP contribution in [-0.2, 0) is 14.8 Å². The zero-order chi connectivity index (χ0) is 24.6. The van der Waals surface area contributed by atoms with Crippen molar-refractivity contribution in [2.45, 2.75) is 25.7 Å². The molecular weight excluding hydrogens is 448 g/mol. The minimum atomic E-state index is -3.95. The van der Waals surface area contributed by atoms with Gasteiger partial charge in [0, 0.05) is 18.8 Å². The Bertz CT molecular complexity index is 1210. The van der Waals surface area contributed by atoms with E-state index in [-0.39, 0.29) is 4.90 Å². The molecule has 0 fully saturated rings. The number of carbonyl (C=O) groups is 1. The maximum atomic E-state index is 13.3. The lowest BCUT2D eigenvalue weighted by molar-refractivity contribution is -0.119. The molecule has 0 heterocycles. The molecule has 0 aromatic heterocycles. The average molecular weight is 479 g/mol. The molecule has 7 nitrogen and oxygen atoms in total. The van der Waals surface area contributed by atoms with E-state index in [1.807, 2.05) is 31.2 Å². The number of nitrogens with one attached hydrogen (secondary N) is 1. The number of rotatable bonds is 10. The number of amides is 1. The lowest BCUT2D eigenvalue weighted by Crippen LogP contribution is -2.39. The van der Waals surface area contributed by atoms with E-state index >= 15 is 0 Å². The van der Waals surface area contributed by atoms with Crippen molar-refractivity contribution in [1.29, 1.82) is 0 Å². The molecule has 0 unspecified atom stereocenters. The Morgan fingerprint density at radius 2 is 1.50 bits per heavy atom. The summed E-state index contributed by atoms with van der Waals surface area (Å²) in [5.41, 5.74) is 5.72. The highest BCUT2D eigenvalue weighted by molar-refractivity contribution is 7.92. The molecule has 1 N–H and O–H groups in total. The predicted molar refractivity (Wildman–Crippen MR) is 138 cm³/mol. The third kappa shape index (κ3) is 6.23. The Morgan fingerprint density at radius 1 is 0.882 bits per heavy atom. The number of para-hydroxylation sites is 1. The zero-order valence-electron chi connectivity index (χ0n) is 19.7. The molecule has 0 spiro atoms. The second kappa shape index (κ2) is 11.5. The first-order valence-electron chi connectivity index (χ1n) is 11.2. The van der Waals surface area contributed by atoms with Crippen molar-refractivity contribution in [3.05, 3.63) is 90.0 Å². The number of carbonyl (C=O) groups excluding carboxylic acids is 1. The number of hydrazone groups is 1. The molecular formula is C26H30N4O3S. The van der Waals surface area contributed by atoms with Crippen LogP contribution in [0.2, 0.25) is 0 Å². The van der Waals surface area contributed by atoms with E-state index in [9.17, 15) is 13.2 Å². The van der Waals surface area contributed by atoms with Crippen molar-refractivity contribution >= 4 is 33.5 Å². The molecule has 0 bridgehead atoms. The minimum Gasteiger partial charge on any atom is -0.372 e. The predicted octanol–water partition coefficient (Wildman–Crippen LogP) is 4.19. The summed E-state index contributed by atoms with van der Waals surface area (Å²) in [4.78, 5) is 15.0. The van der Waals surface area contributed by atoms with Crippen LogP contribution in [0.4, 0.5) is 11.4 Å². The van der Waals surface area contributed by atoms with Crippen molar-refractivity contribution in [3.8, 4) is 0 Å². The molecule has 0 aliphatic carbocycles. The highest BCUT2D eigenvalue weighted by Gasteiger charge is 2.27. The molecule has 1 amide bonds. The Labute approximate surface area is 201 Å². The Kier molecular flexibility index (Phi) is 8.43. The van der Waals surface area contributed by atoms with Crippen LogP contribution in [0.15, 0.2) is 88.9 Å². The molecule has 0 atom stereocenters. The summed E-state index contributed by atoms with van der Waals surface area (Å²) in [6, 6.07) is 22.9. The first-order valence-corrected chi connectivity index (χ1v) is 12.6. The minimum absolute atomic E-state index is 0.117. The number of hydrogen-bond acceptors (Lipinski definition) is 5. The molecule has 3 aromatic carbocycles. The van der Waals surface area contributed by atoms with Crippen molar-refractivity contribution < 1.29 is 13.2 Å². The Morgan fingerprint density at radius 3 is 2.09 bits per heavy atom. The lowest BCUT2D eigenvalue weighted by Gasteiger charge is -2.23. The van der Waals surface area contributed by atoms with E-state index in [0.29, 0.717) is 5.69 Å². The molecule has 0 aliphatic rings. The van der Waals surface area contributed by atoms with Gasteiger partial charge >= 0.3 is 0 Å². The zero-order valence-corrected chi connectivity index (χ0v) is 20.5. The smallest absolute Gasteiger partial charge is 0.264 e. The van der Waals surface area contributed by atoms with Crippen LogP contribution < -0.4 is 14.6 Å². The third-order valence-corrected chi connectivity index (χ3v) is 7.15. The first kappa shape index (κ1) is 25.0. The van der Waals surface area contributed by atoms with Crippen LogP contribution in [0.3, 0.4) is 0 Å². The molecule has 34 heavy (non-hydrogen) atoms. The standard InChI is InChI=1S/C26H30N4O3S/c1-4-29(5-2)23-15-13-22(14-16-23)19-27-28-26(31)20-30(24-9-7-6-8-10-24)34(32,33)25-17-11-21(3)12-18-25/h6-19H,4-5,20H2,1-3H3,(H,28,31)/b27-19-. The summed E-state index contributed by atoms with van der Waals surface area (Å²) in [6.07, 6.45) is 1.53. The third-order valence-electron chi connectivity index (χ3n) is 5.36. The van der Waals surface area contributed by atoms with Gasteiger partial charge in [-0.2, -0.15) is 5.10 Å². The van der Waals surface area contributed by atoms with Crippen molar-refractivity contribution in [3.63, 3.8) is 0 Å². The van der Waals surface area contributed by atoms with E-state index in [2.05, 4.69) is 29.3 Å². The SMILES string of the molecule is CCN(CC)c1ccc(/C=N\NC(=O)CN(c2ccccc2)S(=O)(=O)c2ccc(C)cc2)cc1. The normalized spacial score (nSPS) is 11.4. The maximum absolute atomic E-state index is 13.3. The summed E-state index contributed by atoms with van der Waals surface area (Å²) in [5.74, 6) is -0.546. The Balaban J connectivity index is 1.73. The van der Waals surface area contributed by atoms with Crippen LogP contribution in [0.1, 0.15) is 25.0 Å². The number of aryl methyl sites for hydroxylation is 1. The molecule has 178 valence electrons. The average Bonchev–Trinajstić information content (AvgIpc) is 2.85. The van der Waals surface area contributed by atoms with Crippen LogP contribution >= 0.6 is 0 Å². The lowest BCUT2D eigenvalue weighted by atomic mass is 10.2. The van der Waals surface area contributed by atoms with Gasteiger partial charge in [-0.3, -0.25) is 9.10 Å².